The molecule has 1 amide bonds. The molecule has 0 spiro atoms. The van der Waals surface area contributed by atoms with E-state index in [-0.39, 0.29) is 5.91 Å². The largest absolute Gasteiger partial charge is 0.324 e. The van der Waals surface area contributed by atoms with Crippen LogP contribution in [0.2, 0.25) is 0 Å². The van der Waals surface area contributed by atoms with Crippen molar-refractivity contribution in [3.63, 3.8) is 0 Å². The molecule has 1 unspecified atom stereocenters. The minimum absolute atomic E-state index is 0.0667. The third-order valence-electron chi connectivity index (χ3n) is 6.58. The SMILES string of the molecule is O=C1C=CC2=CN=C(c3ccc(CNC4CCc5ccccc54)cc3)N3CCC(=C23)N1. The summed E-state index contributed by atoms with van der Waals surface area (Å²) in [6.07, 6.45) is 8.45. The summed E-state index contributed by atoms with van der Waals surface area (Å²) in [4.78, 5) is 18.9. The normalized spacial score (nSPS) is 21.4. The van der Waals surface area contributed by atoms with Crippen LogP contribution >= 0.6 is 0 Å². The zero-order chi connectivity index (χ0) is 20.8. The van der Waals surface area contributed by atoms with Gasteiger partial charge in [0.25, 0.3) is 0 Å². The number of fused-ring (bicyclic) bond motifs is 1. The Morgan fingerprint density at radius 1 is 1.06 bits per heavy atom. The molecule has 6 rings (SSSR count). The number of aryl methyl sites for hydroxylation is 1. The number of amides is 1. The summed E-state index contributed by atoms with van der Waals surface area (Å²) in [5.74, 6) is 0.880. The van der Waals surface area contributed by atoms with Crippen molar-refractivity contribution in [1.82, 2.24) is 15.5 Å². The van der Waals surface area contributed by atoms with Gasteiger partial charge in [0, 0.05) is 54.7 Å². The van der Waals surface area contributed by atoms with Gasteiger partial charge >= 0.3 is 0 Å². The molecule has 2 aromatic rings. The number of hydrogen-bond acceptors (Lipinski definition) is 4. The lowest BCUT2D eigenvalue weighted by molar-refractivity contribution is -0.115. The third-order valence-corrected chi connectivity index (χ3v) is 6.58. The summed E-state index contributed by atoms with van der Waals surface area (Å²) >= 11 is 0. The van der Waals surface area contributed by atoms with Crippen molar-refractivity contribution in [3.8, 4) is 0 Å². The minimum Gasteiger partial charge on any atom is -0.324 e. The number of rotatable bonds is 4. The zero-order valence-corrected chi connectivity index (χ0v) is 17.3. The van der Waals surface area contributed by atoms with Gasteiger partial charge in [0.2, 0.25) is 5.91 Å². The van der Waals surface area contributed by atoms with Gasteiger partial charge in [-0.25, -0.2) is 4.99 Å². The van der Waals surface area contributed by atoms with E-state index >= 15 is 0 Å². The first-order valence-corrected chi connectivity index (χ1v) is 10.9. The maximum Gasteiger partial charge on any atom is 0.248 e. The summed E-state index contributed by atoms with van der Waals surface area (Å²) in [5, 5.41) is 6.73. The first kappa shape index (κ1) is 18.3. The maximum absolute atomic E-state index is 11.9. The van der Waals surface area contributed by atoms with Crippen molar-refractivity contribution in [2.45, 2.75) is 31.8 Å². The quantitative estimate of drug-likeness (QED) is 0.811. The van der Waals surface area contributed by atoms with Crippen LogP contribution in [0.3, 0.4) is 0 Å². The first-order chi connectivity index (χ1) is 15.3. The summed E-state index contributed by atoms with van der Waals surface area (Å²) in [6.45, 7) is 1.69. The van der Waals surface area contributed by atoms with Crippen LogP contribution in [-0.4, -0.2) is 23.2 Å². The third kappa shape index (κ3) is 3.22. The average molecular weight is 409 g/mol. The number of amidine groups is 1. The predicted octanol–water partition coefficient (Wildman–Crippen LogP) is 3.71. The predicted molar refractivity (Wildman–Crippen MR) is 121 cm³/mol. The fraction of sp³-hybridized carbons (Fsp3) is 0.231. The lowest BCUT2D eigenvalue weighted by atomic mass is 10.1. The second kappa shape index (κ2) is 7.36. The van der Waals surface area contributed by atoms with E-state index in [4.69, 9.17) is 4.99 Å². The lowest BCUT2D eigenvalue weighted by Gasteiger charge is -2.27. The number of allylic oxidation sites excluding steroid dienone is 1. The number of carbonyl (C=O) groups excluding carboxylic acids is 1. The van der Waals surface area contributed by atoms with Crippen LogP contribution in [0, 0.1) is 0 Å². The molecule has 0 fully saturated rings. The van der Waals surface area contributed by atoms with Gasteiger partial charge in [0.05, 0.1) is 5.70 Å². The van der Waals surface area contributed by atoms with Crippen LogP contribution in [0.15, 0.2) is 88.8 Å². The molecule has 0 bridgehead atoms. The van der Waals surface area contributed by atoms with Crippen molar-refractivity contribution in [2.24, 2.45) is 4.99 Å². The summed E-state index contributed by atoms with van der Waals surface area (Å²) in [5.41, 5.74) is 8.35. The highest BCUT2D eigenvalue weighted by Crippen LogP contribution is 2.34. The van der Waals surface area contributed by atoms with Gasteiger partial charge in [0.15, 0.2) is 0 Å². The van der Waals surface area contributed by atoms with Crippen LogP contribution < -0.4 is 10.6 Å². The first-order valence-electron chi connectivity index (χ1n) is 10.9. The molecular weight excluding hydrogens is 384 g/mol. The Balaban J connectivity index is 1.19. The van der Waals surface area contributed by atoms with Crippen molar-refractivity contribution in [3.05, 3.63) is 106 Å². The van der Waals surface area contributed by atoms with E-state index in [1.807, 2.05) is 12.3 Å². The van der Waals surface area contributed by atoms with Gasteiger partial charge < -0.3 is 15.5 Å². The topological polar surface area (TPSA) is 56.7 Å². The number of benzene rings is 2. The summed E-state index contributed by atoms with van der Waals surface area (Å²) in [6, 6.07) is 17.9. The van der Waals surface area contributed by atoms with Gasteiger partial charge in [-0.15, -0.1) is 0 Å². The number of hydrogen-bond donors (Lipinski definition) is 2. The molecule has 4 aliphatic rings. The smallest absolute Gasteiger partial charge is 0.248 e. The van der Waals surface area contributed by atoms with E-state index in [0.717, 1.165) is 54.3 Å². The van der Waals surface area contributed by atoms with Crippen LogP contribution in [0.1, 0.15) is 41.1 Å². The molecule has 0 radical (unpaired) electrons. The molecular formula is C26H24N4O. The lowest BCUT2D eigenvalue weighted by Crippen LogP contribution is -2.31. The molecule has 3 aliphatic heterocycles. The Labute approximate surface area is 181 Å². The van der Waals surface area contributed by atoms with Gasteiger partial charge in [-0.1, -0.05) is 48.5 Å². The van der Waals surface area contributed by atoms with E-state index < -0.39 is 0 Å². The Kier molecular flexibility index (Phi) is 4.35. The van der Waals surface area contributed by atoms with Crippen LogP contribution in [0.25, 0.3) is 0 Å². The van der Waals surface area contributed by atoms with E-state index in [9.17, 15) is 4.79 Å². The van der Waals surface area contributed by atoms with Crippen molar-refractivity contribution < 1.29 is 4.79 Å². The van der Waals surface area contributed by atoms with Crippen molar-refractivity contribution in [2.75, 3.05) is 6.54 Å². The molecule has 5 heteroatoms. The molecule has 5 nitrogen and oxygen atoms in total. The van der Waals surface area contributed by atoms with E-state index in [2.05, 4.69) is 64.1 Å². The molecule has 0 aromatic heterocycles. The van der Waals surface area contributed by atoms with Crippen LogP contribution in [0.5, 0.6) is 0 Å². The van der Waals surface area contributed by atoms with Crippen molar-refractivity contribution in [1.29, 1.82) is 0 Å². The minimum atomic E-state index is -0.0667. The summed E-state index contributed by atoms with van der Waals surface area (Å²) in [7, 11) is 0. The molecule has 1 aliphatic carbocycles. The van der Waals surface area contributed by atoms with Crippen molar-refractivity contribution >= 4 is 11.7 Å². The summed E-state index contributed by atoms with van der Waals surface area (Å²) < 4.78 is 0. The Morgan fingerprint density at radius 3 is 2.84 bits per heavy atom. The second-order valence-corrected chi connectivity index (χ2v) is 8.46. The molecule has 1 atom stereocenters. The molecule has 3 heterocycles. The van der Waals surface area contributed by atoms with Gasteiger partial charge in [-0.05, 0) is 35.6 Å². The molecule has 31 heavy (non-hydrogen) atoms. The van der Waals surface area contributed by atoms with E-state index in [1.54, 1.807) is 6.08 Å². The molecule has 0 saturated heterocycles. The average Bonchev–Trinajstić information content (AvgIpc) is 3.37. The fourth-order valence-corrected chi connectivity index (χ4v) is 5.03. The highest BCUT2D eigenvalue weighted by Gasteiger charge is 2.32. The second-order valence-electron chi connectivity index (χ2n) is 8.46. The number of nitrogens with zero attached hydrogens (tertiary/aromatic N) is 2. The molecule has 2 N–H and O–H groups in total. The van der Waals surface area contributed by atoms with E-state index in [1.165, 1.54) is 23.1 Å². The number of aliphatic imine (C=N–C) groups is 1. The Bertz CT molecular complexity index is 1190. The monoisotopic (exact) mass is 408 g/mol. The number of nitrogens with one attached hydrogen (secondary N) is 2. The highest BCUT2D eigenvalue weighted by atomic mass is 16.1. The van der Waals surface area contributed by atoms with Gasteiger partial charge in [0.1, 0.15) is 5.84 Å². The standard InChI is InChI=1S/C26H24N4O/c31-24-12-10-20-16-28-26(30-14-13-23(29-24)25(20)30)19-7-5-17(6-8-19)15-27-22-11-9-18-3-1-2-4-21(18)22/h1-8,10,12,16,22,27H,9,11,13-15H2,(H,29,31). The zero-order valence-electron chi connectivity index (χ0n) is 17.3. The van der Waals surface area contributed by atoms with Gasteiger partial charge in [-0.2, -0.15) is 0 Å². The Morgan fingerprint density at radius 2 is 1.94 bits per heavy atom. The molecule has 2 aromatic carbocycles. The molecule has 154 valence electrons. The van der Waals surface area contributed by atoms with Crippen LogP contribution in [0.4, 0.5) is 0 Å². The molecule has 0 saturated carbocycles. The van der Waals surface area contributed by atoms with E-state index in [0.29, 0.717) is 6.04 Å². The van der Waals surface area contributed by atoms with Gasteiger partial charge in [-0.3, -0.25) is 4.79 Å². The van der Waals surface area contributed by atoms with Crippen LogP contribution in [-0.2, 0) is 17.8 Å². The number of carbonyl (C=O) groups is 1. The Hall–Kier alpha value is -3.44. The maximum atomic E-state index is 11.9. The highest BCUT2D eigenvalue weighted by molar-refractivity contribution is 6.02. The fourth-order valence-electron chi connectivity index (χ4n) is 5.03.